The largest absolute Gasteiger partial charge is 0.378 e. The van der Waals surface area contributed by atoms with Crippen molar-refractivity contribution in [3.05, 3.63) is 47.0 Å². The number of aryl methyl sites for hydroxylation is 1. The van der Waals surface area contributed by atoms with E-state index >= 15 is 0 Å². The van der Waals surface area contributed by atoms with Crippen molar-refractivity contribution in [1.29, 1.82) is 0 Å². The molecule has 0 unspecified atom stereocenters. The van der Waals surface area contributed by atoms with Gasteiger partial charge in [-0.3, -0.25) is 0 Å². The highest BCUT2D eigenvalue weighted by molar-refractivity contribution is 6.29. The van der Waals surface area contributed by atoms with Crippen LogP contribution < -0.4 is 5.32 Å². The van der Waals surface area contributed by atoms with E-state index in [1.54, 1.807) is 6.20 Å². The quantitative estimate of drug-likeness (QED) is 0.887. The summed E-state index contributed by atoms with van der Waals surface area (Å²) in [6, 6.07) is 8.17. The summed E-state index contributed by atoms with van der Waals surface area (Å²) in [5.41, 5.74) is 2.35. The molecule has 1 aromatic heterocycles. The number of imidazole rings is 1. The van der Waals surface area contributed by atoms with Crippen LogP contribution in [0.5, 0.6) is 0 Å². The summed E-state index contributed by atoms with van der Waals surface area (Å²) in [6.07, 6.45) is 1.66. The maximum absolute atomic E-state index is 5.92. The van der Waals surface area contributed by atoms with Gasteiger partial charge in [-0.05, 0) is 18.6 Å². The lowest BCUT2D eigenvalue weighted by atomic mass is 10.2. The Morgan fingerprint density at radius 3 is 2.75 bits per heavy atom. The first-order valence-corrected chi connectivity index (χ1v) is 5.52. The number of halogens is 1. The van der Waals surface area contributed by atoms with Crippen LogP contribution in [0.3, 0.4) is 0 Å². The summed E-state index contributed by atoms with van der Waals surface area (Å²) in [5.74, 6) is 0.924. The predicted octanol–water partition coefficient (Wildman–Crippen LogP) is 2.99. The topological polar surface area (TPSA) is 29.9 Å². The molecule has 0 amide bonds. The van der Waals surface area contributed by atoms with Crippen molar-refractivity contribution in [2.24, 2.45) is 7.05 Å². The Morgan fingerprint density at radius 1 is 1.38 bits per heavy atom. The van der Waals surface area contributed by atoms with E-state index in [4.69, 9.17) is 11.6 Å². The first kappa shape index (κ1) is 11.0. The van der Waals surface area contributed by atoms with Crippen LogP contribution in [0, 0.1) is 6.92 Å². The van der Waals surface area contributed by atoms with Gasteiger partial charge in [0.25, 0.3) is 0 Å². The molecule has 0 aliphatic rings. The third-order valence-corrected chi connectivity index (χ3v) is 2.96. The Kier molecular flexibility index (Phi) is 3.15. The van der Waals surface area contributed by atoms with Crippen LogP contribution >= 0.6 is 11.6 Å². The third-order valence-electron chi connectivity index (χ3n) is 2.61. The first-order valence-electron chi connectivity index (χ1n) is 5.14. The molecule has 0 aliphatic carbocycles. The summed E-state index contributed by atoms with van der Waals surface area (Å²) in [5, 5.41) is 4.00. The van der Waals surface area contributed by atoms with Gasteiger partial charge in [-0.1, -0.05) is 29.8 Å². The number of nitrogens with one attached hydrogen (secondary N) is 1. The second kappa shape index (κ2) is 4.58. The summed E-state index contributed by atoms with van der Waals surface area (Å²) in [6.45, 7) is 2.75. The molecular formula is C12H14ClN3. The van der Waals surface area contributed by atoms with E-state index < -0.39 is 0 Å². The molecule has 3 nitrogen and oxygen atoms in total. The van der Waals surface area contributed by atoms with Crippen LogP contribution in [0.15, 0.2) is 30.5 Å². The standard InChI is InChI=1S/C12H14ClN3/c1-9-5-3-4-6-10(9)14-8-12-15-7-11(13)16(12)2/h3-7,14H,8H2,1-2H3. The van der Waals surface area contributed by atoms with Crippen LogP contribution in [0.1, 0.15) is 11.4 Å². The number of aromatic nitrogens is 2. The molecule has 0 saturated heterocycles. The number of nitrogens with zero attached hydrogens (tertiary/aromatic N) is 2. The Labute approximate surface area is 100 Å². The summed E-state index contributed by atoms with van der Waals surface area (Å²) >= 11 is 5.92. The highest BCUT2D eigenvalue weighted by Gasteiger charge is 2.04. The van der Waals surface area contributed by atoms with Gasteiger partial charge in [0.1, 0.15) is 11.0 Å². The molecule has 0 saturated carbocycles. The minimum Gasteiger partial charge on any atom is -0.378 e. The van der Waals surface area contributed by atoms with Crippen molar-refractivity contribution in [1.82, 2.24) is 9.55 Å². The highest BCUT2D eigenvalue weighted by Crippen LogP contribution is 2.15. The van der Waals surface area contributed by atoms with Crippen molar-refractivity contribution in [3.8, 4) is 0 Å². The lowest BCUT2D eigenvalue weighted by Gasteiger charge is -2.09. The van der Waals surface area contributed by atoms with E-state index in [0.29, 0.717) is 11.7 Å². The Balaban J connectivity index is 2.08. The van der Waals surface area contributed by atoms with Gasteiger partial charge in [0.15, 0.2) is 0 Å². The number of hydrogen-bond donors (Lipinski definition) is 1. The number of anilines is 1. The molecule has 0 atom stereocenters. The van der Waals surface area contributed by atoms with Gasteiger partial charge < -0.3 is 9.88 Å². The second-order valence-corrected chi connectivity index (χ2v) is 4.11. The van der Waals surface area contributed by atoms with Gasteiger partial charge in [-0.15, -0.1) is 0 Å². The maximum Gasteiger partial charge on any atom is 0.128 e. The van der Waals surface area contributed by atoms with Gasteiger partial charge in [-0.25, -0.2) is 4.98 Å². The average molecular weight is 236 g/mol. The molecule has 0 bridgehead atoms. The average Bonchev–Trinajstić information content (AvgIpc) is 2.59. The normalized spacial score (nSPS) is 10.4. The smallest absolute Gasteiger partial charge is 0.128 e. The highest BCUT2D eigenvalue weighted by atomic mass is 35.5. The first-order chi connectivity index (χ1) is 7.68. The molecular weight excluding hydrogens is 222 g/mol. The minimum atomic E-state index is 0.654. The zero-order valence-corrected chi connectivity index (χ0v) is 10.1. The number of hydrogen-bond acceptors (Lipinski definition) is 2. The fourth-order valence-corrected chi connectivity index (χ4v) is 1.68. The number of rotatable bonds is 3. The molecule has 0 spiro atoms. The Bertz CT molecular complexity index is 491. The zero-order valence-electron chi connectivity index (χ0n) is 9.37. The fraction of sp³-hybridized carbons (Fsp3) is 0.250. The molecule has 1 N–H and O–H groups in total. The molecule has 2 aromatic rings. The summed E-state index contributed by atoms with van der Waals surface area (Å²) < 4.78 is 1.87. The van der Waals surface area contributed by atoms with Gasteiger partial charge >= 0.3 is 0 Å². The van der Waals surface area contributed by atoms with E-state index in [0.717, 1.165) is 11.5 Å². The number of para-hydroxylation sites is 1. The van der Waals surface area contributed by atoms with Crippen LogP contribution in [-0.4, -0.2) is 9.55 Å². The molecule has 4 heteroatoms. The molecule has 0 aliphatic heterocycles. The molecule has 1 aromatic carbocycles. The lowest BCUT2D eigenvalue weighted by Crippen LogP contribution is -2.06. The van der Waals surface area contributed by atoms with Crippen LogP contribution in [0.4, 0.5) is 5.69 Å². The predicted molar refractivity (Wildman–Crippen MR) is 66.7 cm³/mol. The summed E-state index contributed by atoms with van der Waals surface area (Å²) in [7, 11) is 1.91. The van der Waals surface area contributed by atoms with Crippen LogP contribution in [0.25, 0.3) is 0 Å². The van der Waals surface area contributed by atoms with Gasteiger partial charge in [0.2, 0.25) is 0 Å². The Hall–Kier alpha value is -1.48. The molecule has 2 rings (SSSR count). The van der Waals surface area contributed by atoms with E-state index in [-0.39, 0.29) is 0 Å². The monoisotopic (exact) mass is 235 g/mol. The molecule has 0 fully saturated rings. The second-order valence-electron chi connectivity index (χ2n) is 3.72. The van der Waals surface area contributed by atoms with Crippen molar-refractivity contribution in [2.75, 3.05) is 5.32 Å². The van der Waals surface area contributed by atoms with Crippen molar-refractivity contribution < 1.29 is 0 Å². The molecule has 16 heavy (non-hydrogen) atoms. The van der Waals surface area contributed by atoms with Crippen molar-refractivity contribution in [2.45, 2.75) is 13.5 Å². The van der Waals surface area contributed by atoms with E-state index in [2.05, 4.69) is 29.4 Å². The van der Waals surface area contributed by atoms with Crippen molar-refractivity contribution in [3.63, 3.8) is 0 Å². The van der Waals surface area contributed by atoms with Gasteiger partial charge in [0, 0.05) is 12.7 Å². The summed E-state index contributed by atoms with van der Waals surface area (Å²) in [4.78, 5) is 4.23. The van der Waals surface area contributed by atoms with E-state index in [9.17, 15) is 0 Å². The van der Waals surface area contributed by atoms with Crippen LogP contribution in [-0.2, 0) is 13.6 Å². The molecule has 1 heterocycles. The SMILES string of the molecule is Cc1ccccc1NCc1ncc(Cl)n1C. The third kappa shape index (κ3) is 2.19. The Morgan fingerprint density at radius 2 is 2.12 bits per heavy atom. The van der Waals surface area contributed by atoms with Crippen LogP contribution in [0.2, 0.25) is 5.15 Å². The number of benzene rings is 1. The lowest BCUT2D eigenvalue weighted by molar-refractivity contribution is 0.813. The van der Waals surface area contributed by atoms with E-state index in [1.807, 2.05) is 23.7 Å². The van der Waals surface area contributed by atoms with Gasteiger partial charge in [0.05, 0.1) is 12.7 Å². The fourth-order valence-electron chi connectivity index (χ4n) is 1.53. The molecule has 84 valence electrons. The van der Waals surface area contributed by atoms with Gasteiger partial charge in [-0.2, -0.15) is 0 Å². The van der Waals surface area contributed by atoms with Crippen molar-refractivity contribution >= 4 is 17.3 Å². The van der Waals surface area contributed by atoms with E-state index in [1.165, 1.54) is 5.56 Å². The zero-order chi connectivity index (χ0) is 11.5. The minimum absolute atomic E-state index is 0.654. The molecule has 0 radical (unpaired) electrons. The maximum atomic E-state index is 5.92.